The predicted molar refractivity (Wildman–Crippen MR) is 132 cm³/mol. The summed E-state index contributed by atoms with van der Waals surface area (Å²) in [7, 11) is 0. The van der Waals surface area contributed by atoms with Gasteiger partial charge in [0.1, 0.15) is 5.82 Å². The van der Waals surface area contributed by atoms with E-state index in [1.807, 2.05) is 32.0 Å². The van der Waals surface area contributed by atoms with Crippen molar-refractivity contribution in [2.45, 2.75) is 52.6 Å². The third-order valence-electron chi connectivity index (χ3n) is 6.93. The van der Waals surface area contributed by atoms with Crippen LogP contribution in [0.2, 0.25) is 0 Å². The summed E-state index contributed by atoms with van der Waals surface area (Å²) in [5.74, 6) is 0.291. The largest absolute Gasteiger partial charge is 0.348 e. The number of nitrogens with one attached hydrogen (secondary N) is 1. The Morgan fingerprint density at radius 2 is 1.61 bits per heavy atom. The molecule has 0 saturated carbocycles. The normalized spacial score (nSPS) is 14.9. The maximum atomic E-state index is 13.2. The molecular weight excluding hydrogens is 411 g/mol. The molecule has 3 nitrogen and oxygen atoms in total. The summed E-state index contributed by atoms with van der Waals surface area (Å²) < 4.78 is 13.2. The lowest BCUT2D eigenvalue weighted by Gasteiger charge is -2.33. The second kappa shape index (κ2) is 10.3. The Morgan fingerprint density at radius 3 is 2.33 bits per heavy atom. The third-order valence-corrected chi connectivity index (χ3v) is 6.93. The number of carbonyl (C=O) groups is 1. The van der Waals surface area contributed by atoms with Crippen molar-refractivity contribution in [3.8, 4) is 0 Å². The quantitative estimate of drug-likeness (QED) is 0.501. The molecule has 1 heterocycles. The number of piperidine rings is 1. The van der Waals surface area contributed by atoms with Gasteiger partial charge in [-0.15, -0.1) is 0 Å². The van der Waals surface area contributed by atoms with E-state index in [9.17, 15) is 9.18 Å². The van der Waals surface area contributed by atoms with E-state index >= 15 is 0 Å². The Labute approximate surface area is 196 Å². The molecule has 172 valence electrons. The van der Waals surface area contributed by atoms with E-state index in [1.165, 1.54) is 28.8 Å². The summed E-state index contributed by atoms with van der Waals surface area (Å²) in [5.41, 5.74) is 7.81. The molecule has 1 aliphatic heterocycles. The fraction of sp³-hybridized carbons (Fsp3) is 0.345. The number of aryl methyl sites for hydroxylation is 3. The van der Waals surface area contributed by atoms with E-state index in [0.29, 0.717) is 12.5 Å². The van der Waals surface area contributed by atoms with Gasteiger partial charge in [0.05, 0.1) is 0 Å². The van der Waals surface area contributed by atoms with Crippen molar-refractivity contribution in [3.05, 3.63) is 105 Å². The highest BCUT2D eigenvalue weighted by Crippen LogP contribution is 2.31. The van der Waals surface area contributed by atoms with Gasteiger partial charge in [0, 0.05) is 18.7 Å². The Balaban J connectivity index is 1.37. The van der Waals surface area contributed by atoms with Gasteiger partial charge in [-0.25, -0.2) is 4.39 Å². The molecule has 0 bridgehead atoms. The summed E-state index contributed by atoms with van der Waals surface area (Å²) in [4.78, 5) is 15.3. The number of amides is 1. The van der Waals surface area contributed by atoms with Crippen LogP contribution in [0.15, 0.2) is 60.7 Å². The van der Waals surface area contributed by atoms with Gasteiger partial charge in [0.2, 0.25) is 0 Å². The van der Waals surface area contributed by atoms with Crippen LogP contribution in [0.3, 0.4) is 0 Å². The van der Waals surface area contributed by atoms with Crippen molar-refractivity contribution in [2.75, 3.05) is 13.1 Å². The molecule has 0 atom stereocenters. The molecule has 33 heavy (non-hydrogen) atoms. The summed E-state index contributed by atoms with van der Waals surface area (Å²) in [6.45, 7) is 9.55. The van der Waals surface area contributed by atoms with Gasteiger partial charge in [-0.3, -0.25) is 9.69 Å². The van der Waals surface area contributed by atoms with Crippen molar-refractivity contribution >= 4 is 5.91 Å². The number of nitrogens with zero attached hydrogens (tertiary/aromatic N) is 1. The van der Waals surface area contributed by atoms with Gasteiger partial charge in [-0.05, 0) is 104 Å². The third kappa shape index (κ3) is 5.69. The second-order valence-electron chi connectivity index (χ2n) is 9.31. The zero-order valence-corrected chi connectivity index (χ0v) is 19.8. The Bertz CT molecular complexity index is 1110. The minimum atomic E-state index is -0.186. The lowest BCUT2D eigenvalue weighted by atomic mass is 9.86. The smallest absolute Gasteiger partial charge is 0.251 e. The molecule has 4 heteroatoms. The zero-order valence-electron chi connectivity index (χ0n) is 19.8. The summed E-state index contributed by atoms with van der Waals surface area (Å²) in [6.07, 6.45) is 2.17. The molecule has 1 N–H and O–H groups in total. The molecule has 0 aromatic heterocycles. The van der Waals surface area contributed by atoms with E-state index in [2.05, 4.69) is 47.5 Å². The average molecular weight is 445 g/mol. The topological polar surface area (TPSA) is 32.3 Å². The number of benzene rings is 3. The monoisotopic (exact) mass is 444 g/mol. The van der Waals surface area contributed by atoms with Gasteiger partial charge >= 0.3 is 0 Å². The Hall–Kier alpha value is -2.98. The molecule has 4 rings (SSSR count). The van der Waals surface area contributed by atoms with Gasteiger partial charge in [0.25, 0.3) is 5.91 Å². The highest BCUT2D eigenvalue weighted by Gasteiger charge is 2.23. The van der Waals surface area contributed by atoms with E-state index in [4.69, 9.17) is 0 Å². The van der Waals surface area contributed by atoms with Crippen LogP contribution in [0.25, 0.3) is 0 Å². The van der Waals surface area contributed by atoms with Crippen LogP contribution in [0, 0.1) is 26.6 Å². The van der Waals surface area contributed by atoms with Gasteiger partial charge in [0.15, 0.2) is 0 Å². The highest BCUT2D eigenvalue weighted by atomic mass is 19.1. The minimum absolute atomic E-state index is 0.0143. The van der Waals surface area contributed by atoms with Crippen LogP contribution >= 0.6 is 0 Å². The van der Waals surface area contributed by atoms with Crippen LogP contribution in [0.4, 0.5) is 4.39 Å². The predicted octanol–water partition coefficient (Wildman–Crippen LogP) is 6.06. The first-order valence-electron chi connectivity index (χ1n) is 11.8. The highest BCUT2D eigenvalue weighted by molar-refractivity contribution is 5.95. The first-order chi connectivity index (χ1) is 15.9. The molecular formula is C29H33FN2O. The van der Waals surface area contributed by atoms with Crippen molar-refractivity contribution in [2.24, 2.45) is 0 Å². The molecule has 0 unspecified atom stereocenters. The molecule has 1 amide bonds. The van der Waals surface area contributed by atoms with E-state index < -0.39 is 0 Å². The lowest BCUT2D eigenvalue weighted by Crippen LogP contribution is -2.33. The van der Waals surface area contributed by atoms with Gasteiger partial charge in [-0.1, -0.05) is 42.5 Å². The second-order valence-corrected chi connectivity index (χ2v) is 9.31. The fourth-order valence-electron chi connectivity index (χ4n) is 4.82. The lowest BCUT2D eigenvalue weighted by molar-refractivity contribution is 0.0950. The molecule has 3 aromatic rings. The molecule has 0 spiro atoms. The molecule has 0 radical (unpaired) electrons. The van der Waals surface area contributed by atoms with Crippen LogP contribution in [-0.2, 0) is 13.1 Å². The number of rotatable bonds is 6. The molecule has 0 aliphatic carbocycles. The summed E-state index contributed by atoms with van der Waals surface area (Å²) in [6, 6.07) is 19.4. The molecule has 1 saturated heterocycles. The van der Waals surface area contributed by atoms with Crippen LogP contribution in [0.5, 0.6) is 0 Å². The fourth-order valence-corrected chi connectivity index (χ4v) is 4.82. The Kier molecular flexibility index (Phi) is 7.24. The van der Waals surface area contributed by atoms with Crippen LogP contribution < -0.4 is 5.32 Å². The average Bonchev–Trinajstić information content (AvgIpc) is 2.82. The van der Waals surface area contributed by atoms with Gasteiger partial charge < -0.3 is 5.32 Å². The number of hydrogen-bond acceptors (Lipinski definition) is 2. The standard InChI is InChI=1S/C29H33FN2O/c1-20-16-22(3)28(17-21(20)2)29(33)31-18-25-6-4-5-7-27(25)24-12-14-32(15-13-24)19-23-8-10-26(30)11-9-23/h4-11,16-17,24H,12-15,18-19H2,1-3H3,(H,31,33). The van der Waals surface area contributed by atoms with Crippen LogP contribution in [-0.4, -0.2) is 23.9 Å². The first-order valence-corrected chi connectivity index (χ1v) is 11.8. The maximum Gasteiger partial charge on any atom is 0.251 e. The van der Waals surface area contributed by atoms with Crippen molar-refractivity contribution in [1.29, 1.82) is 0 Å². The minimum Gasteiger partial charge on any atom is -0.348 e. The maximum absolute atomic E-state index is 13.2. The number of hydrogen-bond donors (Lipinski definition) is 1. The SMILES string of the molecule is Cc1cc(C)c(C(=O)NCc2ccccc2C2CCN(Cc3ccc(F)cc3)CC2)cc1C. The van der Waals surface area contributed by atoms with E-state index in [1.54, 1.807) is 0 Å². The summed E-state index contributed by atoms with van der Waals surface area (Å²) in [5, 5.41) is 3.15. The van der Waals surface area contributed by atoms with E-state index in [-0.39, 0.29) is 11.7 Å². The Morgan fingerprint density at radius 1 is 0.939 bits per heavy atom. The van der Waals surface area contributed by atoms with Crippen molar-refractivity contribution in [1.82, 2.24) is 10.2 Å². The number of halogens is 1. The van der Waals surface area contributed by atoms with Crippen molar-refractivity contribution < 1.29 is 9.18 Å². The summed E-state index contributed by atoms with van der Waals surface area (Å²) >= 11 is 0. The number of likely N-dealkylation sites (tertiary alicyclic amines) is 1. The zero-order chi connectivity index (χ0) is 23.4. The van der Waals surface area contributed by atoms with E-state index in [0.717, 1.165) is 54.7 Å². The first kappa shape index (κ1) is 23.2. The molecule has 1 fully saturated rings. The molecule has 1 aliphatic rings. The van der Waals surface area contributed by atoms with Crippen LogP contribution in [0.1, 0.15) is 62.5 Å². The molecule has 3 aromatic carbocycles. The van der Waals surface area contributed by atoms with Gasteiger partial charge in [-0.2, -0.15) is 0 Å². The number of carbonyl (C=O) groups excluding carboxylic acids is 1. The van der Waals surface area contributed by atoms with Crippen molar-refractivity contribution in [3.63, 3.8) is 0 Å².